The normalized spacial score (nSPS) is 26.9. The van der Waals surface area contributed by atoms with Crippen molar-refractivity contribution >= 4 is 11.4 Å². The molecule has 3 heteroatoms. The molecule has 1 saturated heterocycles. The molecule has 1 heterocycles. The second kappa shape index (κ2) is 5.94. The lowest BCUT2D eigenvalue weighted by Gasteiger charge is -2.42. The molecule has 2 rings (SSSR count). The van der Waals surface area contributed by atoms with Crippen LogP contribution in [0.25, 0.3) is 0 Å². The summed E-state index contributed by atoms with van der Waals surface area (Å²) in [5, 5.41) is 0. The summed E-state index contributed by atoms with van der Waals surface area (Å²) in [5.74, 6) is 2.29. The van der Waals surface area contributed by atoms with E-state index < -0.39 is 0 Å². The molecule has 0 amide bonds. The van der Waals surface area contributed by atoms with Crippen LogP contribution in [0.4, 0.5) is 11.4 Å². The molecule has 20 heavy (non-hydrogen) atoms. The lowest BCUT2D eigenvalue weighted by atomic mass is 9.85. The molecule has 1 aromatic carbocycles. The Bertz CT molecular complexity index is 458. The maximum absolute atomic E-state index is 6.05. The van der Waals surface area contributed by atoms with Gasteiger partial charge in [0.05, 0.1) is 6.10 Å². The average Bonchev–Trinajstić information content (AvgIpc) is 2.32. The minimum absolute atomic E-state index is 0.168. The fraction of sp³-hybridized carbons (Fsp3) is 0.647. The Morgan fingerprint density at radius 3 is 2.55 bits per heavy atom. The molecule has 1 aliphatic rings. The molecule has 112 valence electrons. The van der Waals surface area contributed by atoms with Crippen LogP contribution in [-0.4, -0.2) is 18.7 Å². The summed E-state index contributed by atoms with van der Waals surface area (Å²) in [6.07, 6.45) is 1.47. The topological polar surface area (TPSA) is 38.5 Å². The molecule has 1 aliphatic heterocycles. The molecule has 0 saturated carbocycles. The zero-order chi connectivity index (χ0) is 14.9. The first kappa shape index (κ1) is 15.0. The van der Waals surface area contributed by atoms with Gasteiger partial charge in [-0.05, 0) is 45.1 Å². The van der Waals surface area contributed by atoms with Gasteiger partial charge in [0.25, 0.3) is 0 Å². The lowest BCUT2D eigenvalue weighted by molar-refractivity contribution is 0.242. The molecule has 3 nitrogen and oxygen atoms in total. The Kier molecular flexibility index (Phi) is 4.46. The Labute approximate surface area is 123 Å². The van der Waals surface area contributed by atoms with Crippen LogP contribution in [0.2, 0.25) is 0 Å². The van der Waals surface area contributed by atoms with Crippen molar-refractivity contribution in [2.75, 3.05) is 17.2 Å². The summed E-state index contributed by atoms with van der Waals surface area (Å²) >= 11 is 0. The monoisotopic (exact) mass is 276 g/mol. The number of anilines is 2. The molecule has 0 spiro atoms. The van der Waals surface area contributed by atoms with Crippen molar-refractivity contribution in [1.29, 1.82) is 0 Å². The molecule has 0 bridgehead atoms. The first-order valence-electron chi connectivity index (χ1n) is 7.70. The Morgan fingerprint density at radius 2 is 1.90 bits per heavy atom. The number of piperidine rings is 1. The van der Waals surface area contributed by atoms with Gasteiger partial charge in [-0.1, -0.05) is 13.8 Å². The smallest absolute Gasteiger partial charge is 0.123 e. The van der Waals surface area contributed by atoms with Crippen molar-refractivity contribution in [2.24, 2.45) is 11.8 Å². The van der Waals surface area contributed by atoms with Crippen LogP contribution in [0.5, 0.6) is 5.75 Å². The fourth-order valence-corrected chi connectivity index (χ4v) is 3.17. The second-order valence-electron chi connectivity index (χ2n) is 6.64. The van der Waals surface area contributed by atoms with E-state index in [2.05, 4.69) is 37.8 Å². The molecule has 3 unspecified atom stereocenters. The van der Waals surface area contributed by atoms with E-state index in [-0.39, 0.29) is 6.10 Å². The van der Waals surface area contributed by atoms with Crippen LogP contribution in [0.3, 0.4) is 0 Å². The molecule has 3 atom stereocenters. The van der Waals surface area contributed by atoms with Crippen molar-refractivity contribution in [3.8, 4) is 5.75 Å². The van der Waals surface area contributed by atoms with E-state index in [9.17, 15) is 0 Å². The van der Waals surface area contributed by atoms with Crippen LogP contribution in [0, 0.1) is 11.8 Å². The van der Waals surface area contributed by atoms with Gasteiger partial charge >= 0.3 is 0 Å². The zero-order valence-corrected chi connectivity index (χ0v) is 13.4. The highest BCUT2D eigenvalue weighted by Gasteiger charge is 2.29. The summed E-state index contributed by atoms with van der Waals surface area (Å²) in [7, 11) is 0. The van der Waals surface area contributed by atoms with Crippen LogP contribution >= 0.6 is 0 Å². The van der Waals surface area contributed by atoms with Gasteiger partial charge in [0, 0.05) is 36.1 Å². The minimum atomic E-state index is 0.168. The number of benzene rings is 1. The van der Waals surface area contributed by atoms with E-state index in [4.69, 9.17) is 10.5 Å². The van der Waals surface area contributed by atoms with Crippen molar-refractivity contribution in [3.63, 3.8) is 0 Å². The van der Waals surface area contributed by atoms with E-state index in [1.807, 2.05) is 19.9 Å². The molecular formula is C17H28N2O. The van der Waals surface area contributed by atoms with Gasteiger partial charge in [0.15, 0.2) is 0 Å². The van der Waals surface area contributed by atoms with Crippen LogP contribution in [-0.2, 0) is 0 Å². The van der Waals surface area contributed by atoms with Gasteiger partial charge in [-0.15, -0.1) is 0 Å². The maximum atomic E-state index is 6.05. The molecule has 2 N–H and O–H groups in total. The van der Waals surface area contributed by atoms with Gasteiger partial charge in [0.2, 0.25) is 0 Å². The van der Waals surface area contributed by atoms with Gasteiger partial charge in [-0.3, -0.25) is 0 Å². The van der Waals surface area contributed by atoms with E-state index in [0.29, 0.717) is 12.0 Å². The van der Waals surface area contributed by atoms with E-state index >= 15 is 0 Å². The van der Waals surface area contributed by atoms with Crippen LogP contribution < -0.4 is 15.4 Å². The number of hydrogen-bond acceptors (Lipinski definition) is 3. The summed E-state index contributed by atoms with van der Waals surface area (Å²) in [5.41, 5.74) is 8.01. The summed E-state index contributed by atoms with van der Waals surface area (Å²) in [6.45, 7) is 12.1. The maximum Gasteiger partial charge on any atom is 0.123 e. The number of rotatable bonds is 3. The van der Waals surface area contributed by atoms with Crippen LogP contribution in [0.1, 0.15) is 41.0 Å². The third kappa shape index (κ3) is 3.38. The average molecular weight is 276 g/mol. The molecule has 0 aliphatic carbocycles. The zero-order valence-electron chi connectivity index (χ0n) is 13.4. The predicted molar refractivity (Wildman–Crippen MR) is 86.4 cm³/mol. The molecular weight excluding hydrogens is 248 g/mol. The standard InChI is InChI=1S/C17H28N2O/c1-11(2)20-17-8-15(18)7-16(9-17)19-10-12(3)6-13(4)14(19)5/h7-9,11-14H,6,10,18H2,1-5H3. The minimum Gasteiger partial charge on any atom is -0.491 e. The predicted octanol–water partition coefficient (Wildman–Crippen LogP) is 3.93. The second-order valence-corrected chi connectivity index (χ2v) is 6.64. The Hall–Kier alpha value is -1.38. The van der Waals surface area contributed by atoms with Crippen molar-refractivity contribution < 1.29 is 4.74 Å². The van der Waals surface area contributed by atoms with E-state index in [0.717, 1.165) is 23.9 Å². The highest BCUT2D eigenvalue weighted by atomic mass is 16.5. The molecule has 0 aromatic heterocycles. The fourth-order valence-electron chi connectivity index (χ4n) is 3.17. The first-order valence-corrected chi connectivity index (χ1v) is 7.70. The number of nitrogens with zero attached hydrogens (tertiary/aromatic N) is 1. The Balaban J connectivity index is 2.28. The van der Waals surface area contributed by atoms with E-state index in [1.54, 1.807) is 0 Å². The third-order valence-electron chi connectivity index (χ3n) is 4.21. The van der Waals surface area contributed by atoms with Gasteiger partial charge in [-0.25, -0.2) is 0 Å². The summed E-state index contributed by atoms with van der Waals surface area (Å²) in [6, 6.07) is 6.64. The highest BCUT2D eigenvalue weighted by Crippen LogP contribution is 2.34. The van der Waals surface area contributed by atoms with Gasteiger partial charge in [-0.2, -0.15) is 0 Å². The summed E-state index contributed by atoms with van der Waals surface area (Å²) < 4.78 is 5.81. The highest BCUT2D eigenvalue weighted by molar-refractivity contribution is 5.61. The van der Waals surface area contributed by atoms with Crippen molar-refractivity contribution in [3.05, 3.63) is 18.2 Å². The van der Waals surface area contributed by atoms with Gasteiger partial charge in [0.1, 0.15) is 5.75 Å². The Morgan fingerprint density at radius 1 is 1.20 bits per heavy atom. The van der Waals surface area contributed by atoms with Crippen molar-refractivity contribution in [2.45, 2.75) is 53.2 Å². The molecule has 0 radical (unpaired) electrons. The van der Waals surface area contributed by atoms with E-state index in [1.165, 1.54) is 12.1 Å². The lowest BCUT2D eigenvalue weighted by Crippen LogP contribution is -2.45. The summed E-state index contributed by atoms with van der Waals surface area (Å²) in [4.78, 5) is 2.47. The van der Waals surface area contributed by atoms with Crippen LogP contribution in [0.15, 0.2) is 18.2 Å². The number of hydrogen-bond donors (Lipinski definition) is 1. The first-order chi connectivity index (χ1) is 9.36. The quantitative estimate of drug-likeness (QED) is 0.850. The molecule has 1 aromatic rings. The largest absolute Gasteiger partial charge is 0.491 e. The third-order valence-corrected chi connectivity index (χ3v) is 4.21. The number of nitrogen functional groups attached to an aromatic ring is 1. The van der Waals surface area contributed by atoms with Crippen molar-refractivity contribution in [1.82, 2.24) is 0 Å². The number of ether oxygens (including phenoxy) is 1. The number of nitrogens with two attached hydrogens (primary N) is 1. The SMILES string of the molecule is CC1CC(C)C(C)N(c2cc(N)cc(OC(C)C)c2)C1. The molecule has 1 fully saturated rings. The van der Waals surface area contributed by atoms with Gasteiger partial charge < -0.3 is 15.4 Å².